The lowest BCUT2D eigenvalue weighted by atomic mass is 10.1. The van der Waals surface area contributed by atoms with Gasteiger partial charge in [0.25, 0.3) is 0 Å². The van der Waals surface area contributed by atoms with Crippen molar-refractivity contribution in [2.45, 2.75) is 25.9 Å². The highest BCUT2D eigenvalue weighted by Gasteiger charge is 2.31. The second-order valence-corrected chi connectivity index (χ2v) is 2.89. The molecule has 13 heavy (non-hydrogen) atoms. The Kier molecular flexibility index (Phi) is 2.90. The highest BCUT2D eigenvalue weighted by Crippen LogP contribution is 2.27. The van der Waals surface area contributed by atoms with E-state index in [4.69, 9.17) is 0 Å². The van der Waals surface area contributed by atoms with Gasteiger partial charge in [0.1, 0.15) is 0 Å². The third-order valence-corrected chi connectivity index (χ3v) is 1.72. The van der Waals surface area contributed by atoms with Crippen molar-refractivity contribution >= 4 is 5.71 Å². The molecule has 0 bridgehead atoms. The SMILES string of the molecule is CC1=N/C=C(C(F)(F)F)\C=C/CC1. The van der Waals surface area contributed by atoms with Crippen molar-refractivity contribution in [2.24, 2.45) is 4.99 Å². The minimum absolute atomic E-state index is 0.614. The van der Waals surface area contributed by atoms with Gasteiger partial charge in [-0.3, -0.25) is 4.99 Å². The normalized spacial score (nSPS) is 25.2. The molecule has 1 aliphatic heterocycles. The van der Waals surface area contributed by atoms with Gasteiger partial charge in [-0.25, -0.2) is 0 Å². The molecule has 1 rings (SSSR count). The average Bonchev–Trinajstić information content (AvgIpc) is 1.94. The summed E-state index contributed by atoms with van der Waals surface area (Å²) in [6.45, 7) is 1.73. The first-order chi connectivity index (χ1) is 6.00. The monoisotopic (exact) mass is 189 g/mol. The quantitative estimate of drug-likeness (QED) is 0.554. The molecule has 0 spiro atoms. The van der Waals surface area contributed by atoms with Crippen LogP contribution >= 0.6 is 0 Å². The molecule has 0 aromatic carbocycles. The zero-order valence-corrected chi connectivity index (χ0v) is 7.23. The van der Waals surface area contributed by atoms with Crippen LogP contribution in [-0.4, -0.2) is 11.9 Å². The molecule has 0 amide bonds. The fourth-order valence-corrected chi connectivity index (χ4v) is 0.958. The number of alkyl halides is 3. The zero-order valence-electron chi connectivity index (χ0n) is 7.23. The first-order valence-electron chi connectivity index (χ1n) is 3.97. The predicted molar refractivity (Wildman–Crippen MR) is 45.6 cm³/mol. The molecule has 0 aliphatic carbocycles. The van der Waals surface area contributed by atoms with E-state index in [1.165, 1.54) is 6.08 Å². The topological polar surface area (TPSA) is 12.4 Å². The van der Waals surface area contributed by atoms with Crippen LogP contribution in [0, 0.1) is 0 Å². The fourth-order valence-electron chi connectivity index (χ4n) is 0.958. The van der Waals surface area contributed by atoms with Crippen LogP contribution in [0.2, 0.25) is 0 Å². The number of hydrogen-bond acceptors (Lipinski definition) is 1. The maximum Gasteiger partial charge on any atom is 0.417 e. The van der Waals surface area contributed by atoms with Crippen LogP contribution in [0.15, 0.2) is 28.9 Å². The van der Waals surface area contributed by atoms with Crippen LogP contribution in [0.1, 0.15) is 19.8 Å². The van der Waals surface area contributed by atoms with Crippen LogP contribution in [0.4, 0.5) is 13.2 Å². The largest absolute Gasteiger partial charge is 0.417 e. The molecule has 0 saturated carbocycles. The lowest BCUT2D eigenvalue weighted by Crippen LogP contribution is -2.10. The van der Waals surface area contributed by atoms with Crippen molar-refractivity contribution in [1.29, 1.82) is 0 Å². The van der Waals surface area contributed by atoms with Crippen molar-refractivity contribution in [3.8, 4) is 0 Å². The molecule has 1 heterocycles. The number of allylic oxidation sites excluding steroid dienone is 3. The van der Waals surface area contributed by atoms with Crippen molar-refractivity contribution in [3.05, 3.63) is 23.9 Å². The molecule has 0 N–H and O–H groups in total. The van der Waals surface area contributed by atoms with E-state index >= 15 is 0 Å². The molecule has 4 heteroatoms. The highest BCUT2D eigenvalue weighted by molar-refractivity contribution is 5.82. The predicted octanol–water partition coefficient (Wildman–Crippen LogP) is 3.24. The summed E-state index contributed by atoms with van der Waals surface area (Å²) in [6, 6.07) is 0. The number of nitrogens with zero attached hydrogens (tertiary/aromatic N) is 1. The van der Waals surface area contributed by atoms with Crippen LogP contribution < -0.4 is 0 Å². The molecule has 0 saturated heterocycles. The van der Waals surface area contributed by atoms with Crippen LogP contribution in [0.5, 0.6) is 0 Å². The molecule has 1 nitrogen and oxygen atoms in total. The van der Waals surface area contributed by atoms with Crippen molar-refractivity contribution in [2.75, 3.05) is 0 Å². The van der Waals surface area contributed by atoms with Gasteiger partial charge in [0, 0.05) is 11.9 Å². The number of hydrogen-bond donors (Lipinski definition) is 0. The molecule has 1 aliphatic rings. The molecule has 0 aromatic heterocycles. The molecule has 0 fully saturated rings. The lowest BCUT2D eigenvalue weighted by molar-refractivity contribution is -0.0883. The Morgan fingerprint density at radius 2 is 2.08 bits per heavy atom. The summed E-state index contributed by atoms with van der Waals surface area (Å²) in [4.78, 5) is 3.71. The van der Waals surface area contributed by atoms with Gasteiger partial charge < -0.3 is 0 Å². The summed E-state index contributed by atoms with van der Waals surface area (Å²) in [6.07, 6.45) is 0.525. The molecule has 0 radical (unpaired) electrons. The van der Waals surface area contributed by atoms with Crippen LogP contribution in [-0.2, 0) is 0 Å². The smallest absolute Gasteiger partial charge is 0.265 e. The maximum absolute atomic E-state index is 12.2. The van der Waals surface area contributed by atoms with Crippen molar-refractivity contribution in [1.82, 2.24) is 0 Å². The minimum atomic E-state index is -4.29. The van der Waals surface area contributed by atoms with E-state index < -0.39 is 11.7 Å². The van der Waals surface area contributed by atoms with E-state index in [0.29, 0.717) is 6.42 Å². The molecule has 0 atom stereocenters. The summed E-state index contributed by atoms with van der Waals surface area (Å²) < 4.78 is 36.6. The minimum Gasteiger partial charge on any atom is -0.265 e. The van der Waals surface area contributed by atoms with Crippen LogP contribution in [0.3, 0.4) is 0 Å². The number of aliphatic imine (C=N–C) groups is 1. The Hall–Kier alpha value is -1.06. The molecular weight excluding hydrogens is 179 g/mol. The van der Waals surface area contributed by atoms with Gasteiger partial charge in [-0.1, -0.05) is 12.2 Å². The van der Waals surface area contributed by atoms with E-state index in [0.717, 1.165) is 24.4 Å². The highest BCUT2D eigenvalue weighted by atomic mass is 19.4. The van der Waals surface area contributed by atoms with Gasteiger partial charge in [0.2, 0.25) is 0 Å². The first-order valence-corrected chi connectivity index (χ1v) is 3.97. The molecule has 0 unspecified atom stereocenters. The lowest BCUT2D eigenvalue weighted by Gasteiger charge is -2.08. The Balaban J connectivity index is 2.93. The van der Waals surface area contributed by atoms with E-state index in [2.05, 4.69) is 4.99 Å². The Morgan fingerprint density at radius 3 is 2.69 bits per heavy atom. The summed E-state index contributed by atoms with van der Waals surface area (Å²) >= 11 is 0. The third-order valence-electron chi connectivity index (χ3n) is 1.72. The number of halogens is 3. The van der Waals surface area contributed by atoms with Crippen LogP contribution in [0.25, 0.3) is 0 Å². The van der Waals surface area contributed by atoms with Crippen molar-refractivity contribution < 1.29 is 13.2 Å². The van der Waals surface area contributed by atoms with Gasteiger partial charge in [-0.05, 0) is 19.8 Å². The van der Waals surface area contributed by atoms with E-state index in [1.807, 2.05) is 0 Å². The Morgan fingerprint density at radius 1 is 1.38 bits per heavy atom. The molecule has 0 aromatic rings. The van der Waals surface area contributed by atoms with Gasteiger partial charge in [-0.2, -0.15) is 13.2 Å². The summed E-state index contributed by atoms with van der Waals surface area (Å²) in [5.74, 6) is 0. The molecular formula is C9H10F3N. The second-order valence-electron chi connectivity index (χ2n) is 2.89. The molecule has 72 valence electrons. The first kappa shape index (κ1) is 10.0. The average molecular weight is 189 g/mol. The van der Waals surface area contributed by atoms with Gasteiger partial charge >= 0.3 is 6.18 Å². The van der Waals surface area contributed by atoms with E-state index in [9.17, 15) is 13.2 Å². The third kappa shape index (κ3) is 3.05. The summed E-state index contributed by atoms with van der Waals surface area (Å²) in [5.41, 5.74) is 0.0395. The van der Waals surface area contributed by atoms with Gasteiger partial charge in [-0.15, -0.1) is 0 Å². The Bertz CT molecular complexity index is 271. The summed E-state index contributed by atoms with van der Waals surface area (Å²) in [7, 11) is 0. The second kappa shape index (κ2) is 3.77. The van der Waals surface area contributed by atoms with Gasteiger partial charge in [0.15, 0.2) is 0 Å². The fraction of sp³-hybridized carbons (Fsp3) is 0.444. The Labute approximate surface area is 74.7 Å². The zero-order chi connectivity index (χ0) is 9.90. The van der Waals surface area contributed by atoms with Gasteiger partial charge in [0.05, 0.1) is 5.57 Å². The standard InChI is InChI=1S/C9H10F3N/c1-7-4-2-3-5-8(6-13-7)9(10,11)12/h3,5-6H,2,4H2,1H3/b5-3-,8-6+,13-7?. The van der Waals surface area contributed by atoms with Crippen molar-refractivity contribution in [3.63, 3.8) is 0 Å². The van der Waals surface area contributed by atoms with E-state index in [-0.39, 0.29) is 0 Å². The number of rotatable bonds is 0. The summed E-state index contributed by atoms with van der Waals surface area (Å²) in [5, 5.41) is 0. The maximum atomic E-state index is 12.2. The van der Waals surface area contributed by atoms with E-state index in [1.54, 1.807) is 6.92 Å².